The van der Waals surface area contributed by atoms with Gasteiger partial charge in [-0.2, -0.15) is 0 Å². The molecule has 0 aliphatic carbocycles. The van der Waals surface area contributed by atoms with Gasteiger partial charge < -0.3 is 20.6 Å². The number of aliphatic carboxylic acids is 1. The van der Waals surface area contributed by atoms with Crippen LogP contribution in [0.25, 0.3) is 16.2 Å². The van der Waals surface area contributed by atoms with E-state index in [0.29, 0.717) is 48.0 Å². The summed E-state index contributed by atoms with van der Waals surface area (Å²) in [5.74, 6) is -2.24. The lowest BCUT2D eigenvalue weighted by Crippen LogP contribution is -2.53. The zero-order chi connectivity index (χ0) is 25.5. The summed E-state index contributed by atoms with van der Waals surface area (Å²) in [6, 6.07) is 2.48. The van der Waals surface area contributed by atoms with Crippen LogP contribution in [-0.2, 0) is 19.2 Å². The van der Waals surface area contributed by atoms with Crippen molar-refractivity contribution in [2.45, 2.75) is 51.1 Å². The Morgan fingerprint density at radius 3 is 2.60 bits per heavy atom. The second kappa shape index (κ2) is 12.4. The molecule has 0 radical (unpaired) electrons. The minimum atomic E-state index is -1.17. The fraction of sp³-hybridized carbons (Fsp3) is 0.417. The molecule has 188 valence electrons. The number of amides is 3. The van der Waals surface area contributed by atoms with Gasteiger partial charge in [0.15, 0.2) is 0 Å². The molecule has 0 unspecified atom stereocenters. The van der Waals surface area contributed by atoms with Gasteiger partial charge in [-0.05, 0) is 53.8 Å². The molecule has 1 aromatic heterocycles. The highest BCUT2D eigenvalue weighted by Crippen LogP contribution is 2.37. The van der Waals surface area contributed by atoms with E-state index in [9.17, 15) is 19.2 Å². The molecule has 1 atom stereocenters. The highest BCUT2D eigenvalue weighted by molar-refractivity contribution is 7.18. The lowest BCUT2D eigenvalue weighted by molar-refractivity contribution is -0.141. The van der Waals surface area contributed by atoms with Crippen molar-refractivity contribution < 1.29 is 24.3 Å². The summed E-state index contributed by atoms with van der Waals surface area (Å²) in [7, 11) is 0. The van der Waals surface area contributed by atoms with Crippen LogP contribution in [0.15, 0.2) is 23.6 Å². The van der Waals surface area contributed by atoms with Crippen LogP contribution >= 0.6 is 34.5 Å². The van der Waals surface area contributed by atoms with Gasteiger partial charge in [0.25, 0.3) is 0 Å². The predicted molar refractivity (Wildman–Crippen MR) is 138 cm³/mol. The highest BCUT2D eigenvalue weighted by Gasteiger charge is 2.28. The molecule has 35 heavy (non-hydrogen) atoms. The molecule has 1 aliphatic rings. The summed E-state index contributed by atoms with van der Waals surface area (Å²) in [5.41, 5.74) is 0.660. The minimum absolute atomic E-state index is 0.178. The molecule has 0 spiro atoms. The van der Waals surface area contributed by atoms with Gasteiger partial charge in [0.2, 0.25) is 17.7 Å². The normalized spacial score (nSPS) is 15.3. The molecule has 2 aromatic rings. The Kier molecular flexibility index (Phi) is 9.54. The average molecular weight is 540 g/mol. The average Bonchev–Trinajstić information content (AvgIpc) is 3.29. The molecule has 3 N–H and O–H groups in total. The number of nitrogens with zero attached hydrogens (tertiary/aromatic N) is 1. The van der Waals surface area contributed by atoms with Crippen molar-refractivity contribution in [3.8, 4) is 0 Å². The maximum absolute atomic E-state index is 12.7. The number of fused-ring (bicyclic) bond motifs is 1. The summed E-state index contributed by atoms with van der Waals surface area (Å²) >= 11 is 14.2. The van der Waals surface area contributed by atoms with Crippen molar-refractivity contribution in [3.63, 3.8) is 0 Å². The number of piperidine rings is 1. The van der Waals surface area contributed by atoms with Crippen LogP contribution in [0.3, 0.4) is 0 Å². The maximum atomic E-state index is 12.7. The number of hydrogen-bond acceptors (Lipinski definition) is 5. The second-order valence-electron chi connectivity index (χ2n) is 8.34. The summed E-state index contributed by atoms with van der Waals surface area (Å²) < 4.78 is 0.903. The van der Waals surface area contributed by atoms with E-state index >= 15 is 0 Å². The van der Waals surface area contributed by atoms with Crippen molar-refractivity contribution in [3.05, 3.63) is 39.2 Å². The molecule has 0 saturated carbocycles. The predicted octanol–water partition coefficient (Wildman–Crippen LogP) is 4.09. The van der Waals surface area contributed by atoms with E-state index in [0.717, 1.165) is 10.1 Å². The number of carbonyl (C=O) groups is 4. The summed E-state index contributed by atoms with van der Waals surface area (Å²) in [6.45, 7) is 2.68. The number of rotatable bonds is 9. The highest BCUT2D eigenvalue weighted by atomic mass is 35.5. The quantitative estimate of drug-likeness (QED) is 0.415. The monoisotopic (exact) mass is 539 g/mol. The number of halogens is 2. The molecule has 3 amide bonds. The largest absolute Gasteiger partial charge is 0.481 e. The lowest BCUT2D eigenvalue weighted by atomic mass is 10.0. The Balaban J connectivity index is 1.54. The Morgan fingerprint density at radius 1 is 1.23 bits per heavy atom. The van der Waals surface area contributed by atoms with Gasteiger partial charge in [0.05, 0.1) is 21.2 Å². The summed E-state index contributed by atoms with van der Waals surface area (Å²) in [4.78, 5) is 49.9. The molecular formula is C24H27Cl2N3O5S. The first-order valence-corrected chi connectivity index (χ1v) is 13.0. The van der Waals surface area contributed by atoms with Gasteiger partial charge in [-0.15, -0.1) is 11.3 Å². The second-order valence-corrected chi connectivity index (χ2v) is 10.0. The van der Waals surface area contributed by atoms with Gasteiger partial charge in [0.1, 0.15) is 6.04 Å². The maximum Gasteiger partial charge on any atom is 0.305 e. The SMILES string of the molecule is CCCC(=O)N[C@@H](CC(=O)O)C(=O)NC1CCN(C(=O)/C=C/c2cc3ccsc3c(Cl)c2Cl)CC1. The number of benzene rings is 1. The molecule has 1 aromatic carbocycles. The summed E-state index contributed by atoms with van der Waals surface area (Å²) in [5, 5.41) is 18.1. The van der Waals surface area contributed by atoms with E-state index in [1.54, 1.807) is 11.0 Å². The van der Waals surface area contributed by atoms with Crippen molar-refractivity contribution in [2.24, 2.45) is 0 Å². The van der Waals surface area contributed by atoms with Gasteiger partial charge in [0, 0.05) is 31.6 Å². The Labute approximate surface area is 217 Å². The van der Waals surface area contributed by atoms with Gasteiger partial charge in [-0.3, -0.25) is 19.2 Å². The third-order valence-electron chi connectivity index (χ3n) is 5.72. The molecule has 2 heterocycles. The minimum Gasteiger partial charge on any atom is -0.481 e. The van der Waals surface area contributed by atoms with E-state index in [2.05, 4.69) is 10.6 Å². The number of likely N-dealkylation sites (tertiary alicyclic amines) is 1. The van der Waals surface area contributed by atoms with Crippen molar-refractivity contribution in [1.29, 1.82) is 0 Å². The smallest absolute Gasteiger partial charge is 0.305 e. The fourth-order valence-electron chi connectivity index (χ4n) is 3.88. The van der Waals surface area contributed by atoms with Crippen LogP contribution in [0.2, 0.25) is 10.0 Å². The van der Waals surface area contributed by atoms with Crippen molar-refractivity contribution in [2.75, 3.05) is 13.1 Å². The fourth-order valence-corrected chi connectivity index (χ4v) is 5.32. The first-order valence-electron chi connectivity index (χ1n) is 11.3. The zero-order valence-electron chi connectivity index (χ0n) is 19.2. The van der Waals surface area contributed by atoms with Crippen LogP contribution in [0, 0.1) is 0 Å². The third kappa shape index (κ3) is 7.19. The molecule has 1 fully saturated rings. The first-order chi connectivity index (χ1) is 16.7. The van der Waals surface area contributed by atoms with Crippen LogP contribution in [0.4, 0.5) is 0 Å². The zero-order valence-corrected chi connectivity index (χ0v) is 21.5. The topological polar surface area (TPSA) is 116 Å². The number of carboxylic acid groups (broad SMARTS) is 1. The Hall–Kier alpha value is -2.62. The van der Waals surface area contributed by atoms with Gasteiger partial charge >= 0.3 is 5.97 Å². The van der Waals surface area contributed by atoms with E-state index in [4.69, 9.17) is 28.3 Å². The molecule has 0 bridgehead atoms. The molecule has 8 nitrogen and oxygen atoms in total. The van der Waals surface area contributed by atoms with E-state index in [-0.39, 0.29) is 24.3 Å². The van der Waals surface area contributed by atoms with E-state index in [1.807, 2.05) is 24.4 Å². The first kappa shape index (κ1) is 27.0. The lowest BCUT2D eigenvalue weighted by Gasteiger charge is -2.32. The van der Waals surface area contributed by atoms with E-state index < -0.39 is 24.3 Å². The Bertz CT molecular complexity index is 1140. The van der Waals surface area contributed by atoms with Crippen molar-refractivity contribution >= 4 is 74.4 Å². The number of hydrogen-bond donors (Lipinski definition) is 3. The standard InChI is InChI=1S/C24H27Cl2N3O5S/c1-2-3-18(30)28-17(13-20(32)33)24(34)27-16-6-9-29(10-7-16)19(31)5-4-14-12-15-8-11-35-23(15)22(26)21(14)25/h4-5,8,11-12,16-17H,2-3,6-7,9-10,13H2,1H3,(H,27,34)(H,28,30)(H,32,33)/b5-4+/t17-/m0/s1. The van der Waals surface area contributed by atoms with Crippen LogP contribution in [0.1, 0.15) is 44.6 Å². The number of carboxylic acids is 1. The molecule has 1 saturated heterocycles. The molecular weight excluding hydrogens is 513 g/mol. The number of nitrogens with one attached hydrogen (secondary N) is 2. The molecule has 1 aliphatic heterocycles. The van der Waals surface area contributed by atoms with Gasteiger partial charge in [-0.1, -0.05) is 30.1 Å². The van der Waals surface area contributed by atoms with Crippen molar-refractivity contribution in [1.82, 2.24) is 15.5 Å². The van der Waals surface area contributed by atoms with E-state index in [1.165, 1.54) is 17.4 Å². The number of thiophene rings is 1. The van der Waals surface area contributed by atoms with Crippen LogP contribution in [0.5, 0.6) is 0 Å². The number of carbonyl (C=O) groups excluding carboxylic acids is 3. The molecule has 3 rings (SSSR count). The Morgan fingerprint density at radius 2 is 1.94 bits per heavy atom. The van der Waals surface area contributed by atoms with Crippen LogP contribution < -0.4 is 10.6 Å². The molecule has 11 heteroatoms. The third-order valence-corrected chi connectivity index (χ3v) is 7.66. The summed E-state index contributed by atoms with van der Waals surface area (Å²) in [6.07, 6.45) is 4.46. The van der Waals surface area contributed by atoms with Crippen LogP contribution in [-0.4, -0.2) is 58.9 Å². The van der Waals surface area contributed by atoms with Gasteiger partial charge in [-0.25, -0.2) is 0 Å².